The van der Waals surface area contributed by atoms with Gasteiger partial charge in [0.1, 0.15) is 0 Å². The van der Waals surface area contributed by atoms with Gasteiger partial charge in [-0.2, -0.15) is 5.10 Å². The predicted octanol–water partition coefficient (Wildman–Crippen LogP) is 0.404. The lowest BCUT2D eigenvalue weighted by Crippen LogP contribution is -2.37. The molecular formula is C12H20N4O. The molecule has 0 spiro atoms. The molecule has 0 unspecified atom stereocenters. The maximum absolute atomic E-state index is 11.7. The van der Waals surface area contributed by atoms with Crippen LogP contribution in [0.25, 0.3) is 0 Å². The van der Waals surface area contributed by atoms with Crippen LogP contribution in [0.15, 0.2) is 12.4 Å². The Morgan fingerprint density at radius 1 is 1.47 bits per heavy atom. The van der Waals surface area contributed by atoms with Crippen molar-refractivity contribution in [3.8, 4) is 0 Å². The fourth-order valence-corrected chi connectivity index (χ4v) is 2.06. The molecule has 94 valence electrons. The first kappa shape index (κ1) is 12.1. The lowest BCUT2D eigenvalue weighted by Gasteiger charge is -2.15. The molecule has 0 atom stereocenters. The molecule has 1 aliphatic heterocycles. The summed E-state index contributed by atoms with van der Waals surface area (Å²) in [5.74, 6) is 0.221. The molecule has 1 fully saturated rings. The van der Waals surface area contributed by atoms with Crippen LogP contribution >= 0.6 is 0 Å². The van der Waals surface area contributed by atoms with Crippen LogP contribution in [0.2, 0.25) is 0 Å². The van der Waals surface area contributed by atoms with Gasteiger partial charge >= 0.3 is 0 Å². The van der Waals surface area contributed by atoms with Gasteiger partial charge in [0, 0.05) is 25.8 Å². The third-order valence-corrected chi connectivity index (χ3v) is 3.02. The molecule has 1 saturated heterocycles. The zero-order valence-corrected chi connectivity index (χ0v) is 10.4. The van der Waals surface area contributed by atoms with E-state index in [1.54, 1.807) is 0 Å². The smallest absolute Gasteiger partial charge is 0.236 e. The van der Waals surface area contributed by atoms with Crippen LogP contribution in [-0.2, 0) is 11.3 Å². The van der Waals surface area contributed by atoms with E-state index in [0.29, 0.717) is 6.54 Å². The zero-order valence-electron chi connectivity index (χ0n) is 10.4. The van der Waals surface area contributed by atoms with Crippen LogP contribution in [0.5, 0.6) is 0 Å². The number of aryl methyl sites for hydroxylation is 1. The molecule has 5 heteroatoms. The molecule has 17 heavy (non-hydrogen) atoms. The first-order valence-corrected chi connectivity index (χ1v) is 6.23. The SMILES string of the molecule is Cc1cnn(CCNCC(=O)N2CCCC2)c1. The van der Waals surface area contributed by atoms with Crippen molar-refractivity contribution >= 4 is 5.91 Å². The number of carbonyl (C=O) groups is 1. The Balaban J connectivity index is 1.61. The molecule has 1 amide bonds. The van der Waals surface area contributed by atoms with E-state index in [1.165, 1.54) is 0 Å². The Bertz CT molecular complexity index is 368. The first-order valence-electron chi connectivity index (χ1n) is 6.23. The second-order valence-corrected chi connectivity index (χ2v) is 4.55. The number of nitrogens with one attached hydrogen (secondary N) is 1. The van der Waals surface area contributed by atoms with Gasteiger partial charge in [-0.25, -0.2) is 0 Å². The number of amides is 1. The summed E-state index contributed by atoms with van der Waals surface area (Å²) in [4.78, 5) is 13.6. The highest BCUT2D eigenvalue weighted by Gasteiger charge is 2.16. The largest absolute Gasteiger partial charge is 0.342 e. The van der Waals surface area contributed by atoms with E-state index < -0.39 is 0 Å². The van der Waals surface area contributed by atoms with Crippen molar-refractivity contribution in [2.75, 3.05) is 26.2 Å². The fraction of sp³-hybridized carbons (Fsp3) is 0.667. The second-order valence-electron chi connectivity index (χ2n) is 4.55. The van der Waals surface area contributed by atoms with Crippen LogP contribution in [0.3, 0.4) is 0 Å². The first-order chi connectivity index (χ1) is 8.25. The molecule has 0 aromatic carbocycles. The zero-order chi connectivity index (χ0) is 12.1. The number of likely N-dealkylation sites (tertiary alicyclic amines) is 1. The summed E-state index contributed by atoms with van der Waals surface area (Å²) in [7, 11) is 0. The Hall–Kier alpha value is -1.36. The number of hydrogen-bond donors (Lipinski definition) is 1. The van der Waals surface area contributed by atoms with Crippen molar-refractivity contribution in [2.45, 2.75) is 26.3 Å². The highest BCUT2D eigenvalue weighted by Crippen LogP contribution is 2.06. The van der Waals surface area contributed by atoms with Crippen molar-refractivity contribution in [3.05, 3.63) is 18.0 Å². The van der Waals surface area contributed by atoms with Gasteiger partial charge in [-0.3, -0.25) is 9.48 Å². The summed E-state index contributed by atoms with van der Waals surface area (Å²) in [5.41, 5.74) is 1.16. The summed E-state index contributed by atoms with van der Waals surface area (Å²) in [5, 5.41) is 7.36. The van der Waals surface area contributed by atoms with Gasteiger partial charge < -0.3 is 10.2 Å². The molecule has 1 aliphatic rings. The van der Waals surface area contributed by atoms with E-state index in [9.17, 15) is 4.79 Å². The van der Waals surface area contributed by atoms with Crippen molar-refractivity contribution in [3.63, 3.8) is 0 Å². The second kappa shape index (κ2) is 5.82. The Morgan fingerprint density at radius 2 is 2.24 bits per heavy atom. The minimum Gasteiger partial charge on any atom is -0.342 e. The van der Waals surface area contributed by atoms with E-state index in [-0.39, 0.29) is 5.91 Å². The van der Waals surface area contributed by atoms with Crippen molar-refractivity contribution in [1.29, 1.82) is 0 Å². The minimum atomic E-state index is 0.221. The highest BCUT2D eigenvalue weighted by atomic mass is 16.2. The maximum Gasteiger partial charge on any atom is 0.236 e. The molecule has 0 aliphatic carbocycles. The Kier molecular flexibility index (Phi) is 4.14. The predicted molar refractivity (Wildman–Crippen MR) is 65.6 cm³/mol. The van der Waals surface area contributed by atoms with E-state index in [2.05, 4.69) is 10.4 Å². The number of hydrogen-bond acceptors (Lipinski definition) is 3. The summed E-state index contributed by atoms with van der Waals surface area (Å²) >= 11 is 0. The monoisotopic (exact) mass is 236 g/mol. The molecule has 2 heterocycles. The standard InChI is InChI=1S/C12H20N4O/c1-11-8-14-16(10-11)7-4-13-9-12(17)15-5-2-3-6-15/h8,10,13H,2-7,9H2,1H3. The van der Waals surface area contributed by atoms with E-state index >= 15 is 0 Å². The van der Waals surface area contributed by atoms with Crippen LogP contribution in [0.4, 0.5) is 0 Å². The van der Waals surface area contributed by atoms with Crippen LogP contribution in [0.1, 0.15) is 18.4 Å². The van der Waals surface area contributed by atoms with Crippen molar-refractivity contribution < 1.29 is 4.79 Å². The van der Waals surface area contributed by atoms with Gasteiger partial charge in [0.15, 0.2) is 0 Å². The van der Waals surface area contributed by atoms with Crippen LogP contribution in [-0.4, -0.2) is 46.8 Å². The molecule has 0 saturated carbocycles. The third kappa shape index (κ3) is 3.56. The number of rotatable bonds is 5. The van der Waals surface area contributed by atoms with Crippen molar-refractivity contribution in [1.82, 2.24) is 20.0 Å². The summed E-state index contributed by atoms with van der Waals surface area (Å²) in [6.07, 6.45) is 6.15. The molecule has 5 nitrogen and oxygen atoms in total. The molecule has 1 N–H and O–H groups in total. The van der Waals surface area contributed by atoms with E-state index in [0.717, 1.165) is 44.6 Å². The van der Waals surface area contributed by atoms with E-state index in [4.69, 9.17) is 0 Å². The highest BCUT2D eigenvalue weighted by molar-refractivity contribution is 5.78. The maximum atomic E-state index is 11.7. The van der Waals surface area contributed by atoms with Gasteiger partial charge in [-0.15, -0.1) is 0 Å². The fourth-order valence-electron chi connectivity index (χ4n) is 2.06. The van der Waals surface area contributed by atoms with Crippen LogP contribution < -0.4 is 5.32 Å². The average molecular weight is 236 g/mol. The van der Waals surface area contributed by atoms with Crippen molar-refractivity contribution in [2.24, 2.45) is 0 Å². The van der Waals surface area contributed by atoms with E-state index in [1.807, 2.05) is 28.9 Å². The number of nitrogens with zero attached hydrogens (tertiary/aromatic N) is 3. The van der Waals surface area contributed by atoms with Gasteiger partial charge in [0.25, 0.3) is 0 Å². The molecular weight excluding hydrogens is 216 g/mol. The average Bonchev–Trinajstić information content (AvgIpc) is 2.95. The molecule has 0 bridgehead atoms. The molecule has 1 aromatic heterocycles. The van der Waals surface area contributed by atoms with Gasteiger partial charge in [0.2, 0.25) is 5.91 Å². The molecule has 1 aromatic rings. The lowest BCUT2D eigenvalue weighted by molar-refractivity contribution is -0.129. The molecule has 0 radical (unpaired) electrons. The normalized spacial score (nSPS) is 15.5. The number of aromatic nitrogens is 2. The quantitative estimate of drug-likeness (QED) is 0.753. The van der Waals surface area contributed by atoms with Crippen LogP contribution in [0, 0.1) is 6.92 Å². The Morgan fingerprint density at radius 3 is 2.88 bits per heavy atom. The summed E-state index contributed by atoms with van der Waals surface area (Å²) < 4.78 is 1.89. The van der Waals surface area contributed by atoms with Gasteiger partial charge in [-0.05, 0) is 25.3 Å². The topological polar surface area (TPSA) is 50.2 Å². The minimum absolute atomic E-state index is 0.221. The van der Waals surface area contributed by atoms with Gasteiger partial charge in [-0.1, -0.05) is 0 Å². The third-order valence-electron chi connectivity index (χ3n) is 3.02. The summed E-state index contributed by atoms with van der Waals surface area (Å²) in [6.45, 7) is 5.91. The summed E-state index contributed by atoms with van der Waals surface area (Å²) in [6, 6.07) is 0. The lowest BCUT2D eigenvalue weighted by atomic mass is 10.4. The molecule has 2 rings (SSSR count). The Labute approximate surface area is 102 Å². The van der Waals surface area contributed by atoms with Gasteiger partial charge in [0.05, 0.1) is 19.3 Å². The number of carbonyl (C=O) groups excluding carboxylic acids is 1.